The number of nitrogens with zero attached hydrogens (tertiary/aromatic N) is 2. The fourth-order valence-corrected chi connectivity index (χ4v) is 4.55. The molecule has 170 valence electrons. The predicted octanol–water partition coefficient (Wildman–Crippen LogP) is 5.25. The molecule has 0 atom stereocenters. The molecule has 0 aliphatic rings. The summed E-state index contributed by atoms with van der Waals surface area (Å²) in [6, 6.07) is 12.8. The van der Waals surface area contributed by atoms with Gasteiger partial charge in [-0.1, -0.05) is 30.3 Å². The van der Waals surface area contributed by atoms with Crippen LogP contribution in [0.15, 0.2) is 48.7 Å². The van der Waals surface area contributed by atoms with Crippen molar-refractivity contribution >= 4 is 34.1 Å². The van der Waals surface area contributed by atoms with Crippen LogP contribution in [0.5, 0.6) is 0 Å². The second kappa shape index (κ2) is 9.54. The number of carbonyl (C=O) groups excluding carboxylic acids is 2. The van der Waals surface area contributed by atoms with E-state index in [-0.39, 0.29) is 24.1 Å². The Bertz CT molecular complexity index is 1330. The number of aromatic nitrogens is 2. The third kappa shape index (κ3) is 4.96. The van der Waals surface area contributed by atoms with Crippen LogP contribution in [0.25, 0.3) is 21.3 Å². The van der Waals surface area contributed by atoms with E-state index in [1.807, 2.05) is 30.5 Å². The molecule has 4 rings (SSSR count). The van der Waals surface area contributed by atoms with Crippen molar-refractivity contribution in [3.8, 4) is 10.4 Å². The number of thiazole rings is 1. The number of aryl methyl sites for hydroxylation is 2. The van der Waals surface area contributed by atoms with Gasteiger partial charge < -0.3 is 14.6 Å². The number of nitrogens with one attached hydrogen (secondary N) is 1. The molecule has 2 heterocycles. The highest BCUT2D eigenvalue weighted by atomic mass is 32.1. The summed E-state index contributed by atoms with van der Waals surface area (Å²) in [4.78, 5) is 34.7. The maximum Gasteiger partial charge on any atom is 0.304 e. The molecule has 0 aliphatic heterocycles. The van der Waals surface area contributed by atoms with Crippen molar-refractivity contribution in [2.24, 2.45) is 0 Å². The Morgan fingerprint density at radius 1 is 1.18 bits per heavy atom. The zero-order valence-corrected chi connectivity index (χ0v) is 19.5. The maximum atomic E-state index is 14.2. The number of aromatic amines is 1. The number of H-pyrrole nitrogens is 1. The number of amides is 1. The van der Waals surface area contributed by atoms with Crippen LogP contribution in [0.4, 0.5) is 4.39 Å². The Morgan fingerprint density at radius 3 is 2.73 bits per heavy atom. The van der Waals surface area contributed by atoms with E-state index in [1.165, 1.54) is 29.2 Å². The van der Waals surface area contributed by atoms with E-state index in [9.17, 15) is 14.0 Å². The summed E-state index contributed by atoms with van der Waals surface area (Å²) >= 11 is 1.33. The van der Waals surface area contributed by atoms with E-state index in [0.717, 1.165) is 16.5 Å². The molecule has 1 amide bonds. The highest BCUT2D eigenvalue weighted by molar-refractivity contribution is 7.15. The van der Waals surface area contributed by atoms with Gasteiger partial charge in [-0.05, 0) is 49.1 Å². The summed E-state index contributed by atoms with van der Waals surface area (Å²) in [5.74, 6) is -1.18. The van der Waals surface area contributed by atoms with Crippen LogP contribution in [0.1, 0.15) is 33.5 Å². The highest BCUT2D eigenvalue weighted by Gasteiger charge is 2.25. The largest absolute Gasteiger partial charge is 0.444 e. The maximum absolute atomic E-state index is 14.2. The number of benzene rings is 2. The van der Waals surface area contributed by atoms with Gasteiger partial charge in [0.05, 0.1) is 9.88 Å². The molecule has 0 spiro atoms. The van der Waals surface area contributed by atoms with E-state index in [2.05, 4.69) is 9.97 Å². The molecule has 8 heteroatoms. The van der Waals surface area contributed by atoms with Crippen molar-refractivity contribution in [1.82, 2.24) is 14.9 Å². The molecule has 2 aromatic heterocycles. The SMILES string of the molecule is CC(=O)OCN(CCc1c[nH]c2ccccc12)C(=O)c1nc(C)sc1-c1ccc(C)c(F)c1. The van der Waals surface area contributed by atoms with Gasteiger partial charge in [-0.2, -0.15) is 0 Å². The first-order valence-corrected chi connectivity index (χ1v) is 11.4. The Labute approximate surface area is 195 Å². The van der Waals surface area contributed by atoms with Crippen molar-refractivity contribution in [2.75, 3.05) is 13.3 Å². The quantitative estimate of drug-likeness (QED) is 0.299. The van der Waals surface area contributed by atoms with Gasteiger partial charge in [0.1, 0.15) is 11.5 Å². The number of hydrogen-bond acceptors (Lipinski definition) is 5. The van der Waals surface area contributed by atoms with Crippen molar-refractivity contribution < 1.29 is 18.7 Å². The Morgan fingerprint density at radius 2 is 1.97 bits per heavy atom. The summed E-state index contributed by atoms with van der Waals surface area (Å²) in [6.07, 6.45) is 2.49. The number of ether oxygens (including phenoxy) is 1. The Balaban J connectivity index is 1.63. The molecular weight excluding hydrogens is 441 g/mol. The second-order valence-electron chi connectivity index (χ2n) is 7.82. The molecule has 6 nitrogen and oxygen atoms in total. The smallest absolute Gasteiger partial charge is 0.304 e. The topological polar surface area (TPSA) is 75.3 Å². The van der Waals surface area contributed by atoms with Gasteiger partial charge in [-0.25, -0.2) is 9.37 Å². The minimum absolute atomic E-state index is 0.186. The van der Waals surface area contributed by atoms with Gasteiger partial charge in [-0.3, -0.25) is 9.59 Å². The van der Waals surface area contributed by atoms with E-state index >= 15 is 0 Å². The van der Waals surface area contributed by atoms with Crippen molar-refractivity contribution in [2.45, 2.75) is 27.2 Å². The van der Waals surface area contributed by atoms with E-state index < -0.39 is 5.97 Å². The van der Waals surface area contributed by atoms with Gasteiger partial charge in [0.2, 0.25) is 0 Å². The van der Waals surface area contributed by atoms with Gasteiger partial charge in [0, 0.05) is 30.6 Å². The van der Waals surface area contributed by atoms with Crippen molar-refractivity contribution in [3.05, 3.63) is 76.3 Å². The normalized spacial score (nSPS) is 11.0. The Kier molecular flexibility index (Phi) is 6.55. The number of para-hydroxylation sites is 1. The molecule has 2 aromatic carbocycles. The molecule has 0 bridgehead atoms. The highest BCUT2D eigenvalue weighted by Crippen LogP contribution is 2.32. The van der Waals surface area contributed by atoms with Crippen LogP contribution >= 0.6 is 11.3 Å². The molecule has 0 radical (unpaired) electrons. The Hall–Kier alpha value is -3.52. The standard InChI is InChI=1S/C25H24FN3O3S/c1-15-8-9-18(12-21(15)26)24-23(28-16(2)33-24)25(31)29(14-32-17(3)30)11-10-19-13-27-22-7-5-4-6-20(19)22/h4-9,12-13,27H,10-11,14H2,1-3H3. The minimum Gasteiger partial charge on any atom is -0.444 e. The van der Waals surface area contributed by atoms with Crippen LogP contribution in [0.2, 0.25) is 0 Å². The first-order valence-electron chi connectivity index (χ1n) is 10.5. The first-order chi connectivity index (χ1) is 15.8. The summed E-state index contributed by atoms with van der Waals surface area (Å²) in [5.41, 5.74) is 3.43. The molecule has 4 aromatic rings. The summed E-state index contributed by atoms with van der Waals surface area (Å²) in [5, 5.41) is 1.77. The molecule has 0 unspecified atom stereocenters. The molecule has 0 saturated heterocycles. The minimum atomic E-state index is -0.477. The van der Waals surface area contributed by atoms with Crippen LogP contribution in [-0.4, -0.2) is 40.0 Å². The number of rotatable bonds is 7. The molecular formula is C25H24FN3O3S. The number of esters is 1. The number of carbonyl (C=O) groups is 2. The number of hydrogen-bond donors (Lipinski definition) is 1. The van der Waals surface area contributed by atoms with Gasteiger partial charge in [-0.15, -0.1) is 11.3 Å². The third-order valence-corrected chi connectivity index (χ3v) is 6.43. The molecule has 0 saturated carbocycles. The van der Waals surface area contributed by atoms with E-state index in [0.29, 0.717) is 34.0 Å². The van der Waals surface area contributed by atoms with Crippen LogP contribution in [-0.2, 0) is 16.0 Å². The van der Waals surface area contributed by atoms with Gasteiger partial charge in [0.25, 0.3) is 5.91 Å². The lowest BCUT2D eigenvalue weighted by Gasteiger charge is -2.21. The first kappa shape index (κ1) is 22.7. The predicted molar refractivity (Wildman–Crippen MR) is 127 cm³/mol. The molecule has 33 heavy (non-hydrogen) atoms. The monoisotopic (exact) mass is 465 g/mol. The van der Waals surface area contributed by atoms with Crippen LogP contribution in [0.3, 0.4) is 0 Å². The average molecular weight is 466 g/mol. The lowest BCUT2D eigenvalue weighted by Crippen LogP contribution is -2.36. The van der Waals surface area contributed by atoms with Crippen molar-refractivity contribution in [1.29, 1.82) is 0 Å². The fraction of sp³-hybridized carbons (Fsp3) is 0.240. The molecule has 1 N–H and O–H groups in total. The second-order valence-corrected chi connectivity index (χ2v) is 9.02. The van der Waals surface area contributed by atoms with E-state index in [4.69, 9.17) is 4.74 Å². The van der Waals surface area contributed by atoms with Gasteiger partial charge in [0.15, 0.2) is 6.73 Å². The summed E-state index contributed by atoms with van der Waals surface area (Å²) in [6.45, 7) is 4.93. The fourth-order valence-electron chi connectivity index (χ4n) is 3.64. The molecule has 0 aliphatic carbocycles. The van der Waals surface area contributed by atoms with Crippen LogP contribution in [0, 0.1) is 19.7 Å². The molecule has 0 fully saturated rings. The van der Waals surface area contributed by atoms with Crippen molar-refractivity contribution in [3.63, 3.8) is 0 Å². The average Bonchev–Trinajstić information content (AvgIpc) is 3.38. The lowest BCUT2D eigenvalue weighted by atomic mass is 10.1. The number of fused-ring (bicyclic) bond motifs is 1. The zero-order valence-electron chi connectivity index (χ0n) is 18.6. The number of halogens is 1. The summed E-state index contributed by atoms with van der Waals surface area (Å²) in [7, 11) is 0. The third-order valence-electron chi connectivity index (χ3n) is 5.41. The van der Waals surface area contributed by atoms with Crippen LogP contribution < -0.4 is 0 Å². The lowest BCUT2D eigenvalue weighted by molar-refractivity contribution is -0.144. The van der Waals surface area contributed by atoms with Gasteiger partial charge >= 0.3 is 5.97 Å². The zero-order chi connectivity index (χ0) is 23.5. The van der Waals surface area contributed by atoms with E-state index in [1.54, 1.807) is 26.0 Å². The summed E-state index contributed by atoms with van der Waals surface area (Å²) < 4.78 is 19.4.